The van der Waals surface area contributed by atoms with Crippen LogP contribution in [0.1, 0.15) is 20.3 Å². The first kappa shape index (κ1) is 15.8. The molecule has 0 radical (unpaired) electrons. The van der Waals surface area contributed by atoms with E-state index in [1.54, 1.807) is 18.2 Å². The molecule has 1 aliphatic heterocycles. The molecule has 1 saturated heterocycles. The lowest BCUT2D eigenvalue weighted by Gasteiger charge is -2.37. The lowest BCUT2D eigenvalue weighted by molar-refractivity contribution is -0.0230. The summed E-state index contributed by atoms with van der Waals surface area (Å²) in [6, 6.07) is 4.63. The Kier molecular flexibility index (Phi) is 4.73. The van der Waals surface area contributed by atoms with Gasteiger partial charge in [-0.25, -0.2) is 8.42 Å². The molecule has 1 aliphatic rings. The summed E-state index contributed by atoms with van der Waals surface area (Å²) in [4.78, 5) is 0.249. The molecule has 5 nitrogen and oxygen atoms in total. The van der Waals surface area contributed by atoms with E-state index in [2.05, 4.69) is 15.9 Å². The Morgan fingerprint density at radius 3 is 2.80 bits per heavy atom. The lowest BCUT2D eigenvalue weighted by Crippen LogP contribution is -2.51. The van der Waals surface area contributed by atoms with E-state index in [0.29, 0.717) is 23.3 Å². The number of sulfonamides is 1. The van der Waals surface area contributed by atoms with Gasteiger partial charge in [0.05, 0.1) is 17.6 Å². The van der Waals surface area contributed by atoms with Crippen LogP contribution >= 0.6 is 15.9 Å². The van der Waals surface area contributed by atoms with Gasteiger partial charge in [-0.2, -0.15) is 4.31 Å². The van der Waals surface area contributed by atoms with Crippen LogP contribution in [-0.4, -0.2) is 38.0 Å². The van der Waals surface area contributed by atoms with E-state index in [1.165, 1.54) is 4.31 Å². The molecule has 0 saturated carbocycles. The third-order valence-electron chi connectivity index (χ3n) is 3.43. The molecule has 1 aromatic rings. The van der Waals surface area contributed by atoms with Crippen molar-refractivity contribution in [3.63, 3.8) is 0 Å². The topological polar surface area (TPSA) is 72.6 Å². The van der Waals surface area contributed by atoms with Gasteiger partial charge in [-0.15, -0.1) is 0 Å². The zero-order chi connectivity index (χ0) is 14.9. The van der Waals surface area contributed by atoms with Crippen molar-refractivity contribution < 1.29 is 13.2 Å². The number of halogens is 1. The number of rotatable bonds is 3. The monoisotopic (exact) mass is 362 g/mol. The minimum Gasteiger partial charge on any atom is -0.399 e. The molecule has 0 spiro atoms. The minimum atomic E-state index is -3.55. The van der Waals surface area contributed by atoms with Crippen LogP contribution in [0.5, 0.6) is 0 Å². The molecular formula is C13H19BrN2O3S. The number of morpholine rings is 1. The second-order valence-corrected chi connectivity index (χ2v) is 7.68. The number of anilines is 1. The van der Waals surface area contributed by atoms with E-state index in [9.17, 15) is 8.42 Å². The van der Waals surface area contributed by atoms with Crippen molar-refractivity contribution in [2.24, 2.45) is 0 Å². The van der Waals surface area contributed by atoms with Gasteiger partial charge < -0.3 is 10.5 Å². The molecule has 1 fully saturated rings. The van der Waals surface area contributed by atoms with Crippen LogP contribution in [0.3, 0.4) is 0 Å². The van der Waals surface area contributed by atoms with Gasteiger partial charge in [-0.1, -0.05) is 6.92 Å². The van der Waals surface area contributed by atoms with E-state index in [1.807, 2.05) is 13.8 Å². The van der Waals surface area contributed by atoms with Gasteiger partial charge >= 0.3 is 0 Å². The first-order valence-corrected chi connectivity index (χ1v) is 8.78. The first-order chi connectivity index (χ1) is 9.36. The average molecular weight is 363 g/mol. The van der Waals surface area contributed by atoms with Gasteiger partial charge in [0.2, 0.25) is 10.0 Å². The van der Waals surface area contributed by atoms with Crippen molar-refractivity contribution in [2.45, 2.75) is 37.3 Å². The second kappa shape index (κ2) is 6.01. The number of hydrogen-bond donors (Lipinski definition) is 1. The molecule has 2 atom stereocenters. The van der Waals surface area contributed by atoms with E-state index < -0.39 is 10.0 Å². The zero-order valence-corrected chi connectivity index (χ0v) is 13.9. The Morgan fingerprint density at radius 1 is 1.50 bits per heavy atom. The fourth-order valence-electron chi connectivity index (χ4n) is 2.28. The highest BCUT2D eigenvalue weighted by Crippen LogP contribution is 2.30. The molecule has 2 unspecified atom stereocenters. The standard InChI is InChI=1S/C13H19BrN2O3S/c1-3-11-8-19-9(2)7-16(11)20(17,18)13-5-4-10(15)6-12(13)14/h4-6,9,11H,3,7-8,15H2,1-2H3. The van der Waals surface area contributed by atoms with Gasteiger partial charge in [-0.3, -0.25) is 0 Å². The largest absolute Gasteiger partial charge is 0.399 e. The number of benzene rings is 1. The van der Waals surface area contributed by atoms with Crippen LogP contribution in [0, 0.1) is 0 Å². The lowest BCUT2D eigenvalue weighted by atomic mass is 10.2. The van der Waals surface area contributed by atoms with Crippen molar-refractivity contribution in [3.8, 4) is 0 Å². The molecular weight excluding hydrogens is 344 g/mol. The molecule has 1 heterocycles. The minimum absolute atomic E-state index is 0.0971. The zero-order valence-electron chi connectivity index (χ0n) is 11.5. The van der Waals surface area contributed by atoms with E-state index >= 15 is 0 Å². The third kappa shape index (κ3) is 3.00. The first-order valence-electron chi connectivity index (χ1n) is 6.54. The number of nitrogens with zero attached hydrogens (tertiary/aromatic N) is 1. The third-order valence-corrected chi connectivity index (χ3v) is 6.33. The number of ether oxygens (including phenoxy) is 1. The Morgan fingerprint density at radius 2 is 2.20 bits per heavy atom. The van der Waals surface area contributed by atoms with E-state index in [0.717, 1.165) is 6.42 Å². The highest BCUT2D eigenvalue weighted by molar-refractivity contribution is 9.10. The number of nitrogen functional groups attached to an aromatic ring is 1. The Balaban J connectivity index is 2.42. The fraction of sp³-hybridized carbons (Fsp3) is 0.538. The van der Waals surface area contributed by atoms with Gasteiger partial charge in [0.1, 0.15) is 0 Å². The summed E-state index contributed by atoms with van der Waals surface area (Å²) < 4.78 is 33.3. The SMILES string of the molecule is CCC1COC(C)CN1S(=O)(=O)c1ccc(N)cc1Br. The van der Waals surface area contributed by atoms with Crippen LogP contribution in [0.25, 0.3) is 0 Å². The summed E-state index contributed by atoms with van der Waals surface area (Å²) in [5, 5.41) is 0. The summed E-state index contributed by atoms with van der Waals surface area (Å²) in [7, 11) is -3.55. The van der Waals surface area contributed by atoms with Crippen LogP contribution < -0.4 is 5.73 Å². The highest BCUT2D eigenvalue weighted by atomic mass is 79.9. The number of hydrogen-bond acceptors (Lipinski definition) is 4. The normalized spacial score (nSPS) is 24.8. The van der Waals surface area contributed by atoms with Crippen LogP contribution in [0.15, 0.2) is 27.6 Å². The van der Waals surface area contributed by atoms with Gasteiger partial charge in [-0.05, 0) is 47.5 Å². The van der Waals surface area contributed by atoms with Crippen molar-refractivity contribution in [2.75, 3.05) is 18.9 Å². The summed E-state index contributed by atoms with van der Waals surface area (Å²) >= 11 is 3.29. The Hall–Kier alpha value is -0.630. The molecule has 1 aromatic carbocycles. The van der Waals surface area contributed by atoms with Gasteiger partial charge in [0.25, 0.3) is 0 Å². The van der Waals surface area contributed by atoms with Crippen molar-refractivity contribution >= 4 is 31.6 Å². The fourth-order valence-corrected chi connectivity index (χ4v) is 5.10. The Bertz CT molecular complexity index is 591. The average Bonchev–Trinajstić information content (AvgIpc) is 2.38. The second-order valence-electron chi connectivity index (χ2n) is 4.97. The van der Waals surface area contributed by atoms with Crippen LogP contribution in [0.2, 0.25) is 0 Å². The molecule has 2 rings (SSSR count). The predicted molar refractivity (Wildman–Crippen MR) is 81.9 cm³/mol. The van der Waals surface area contributed by atoms with Crippen LogP contribution in [0.4, 0.5) is 5.69 Å². The molecule has 0 amide bonds. The maximum Gasteiger partial charge on any atom is 0.244 e. The smallest absolute Gasteiger partial charge is 0.244 e. The predicted octanol–water partition coefficient (Wildman–Crippen LogP) is 2.22. The van der Waals surface area contributed by atoms with Crippen molar-refractivity contribution in [1.82, 2.24) is 4.31 Å². The Labute approximate surface area is 128 Å². The van der Waals surface area contributed by atoms with Crippen molar-refractivity contribution in [3.05, 3.63) is 22.7 Å². The molecule has 0 bridgehead atoms. The quantitative estimate of drug-likeness (QED) is 0.836. The molecule has 7 heteroatoms. The number of nitrogens with two attached hydrogens (primary N) is 1. The molecule has 0 aliphatic carbocycles. The summed E-state index contributed by atoms with van der Waals surface area (Å²) in [6.07, 6.45) is 0.624. The summed E-state index contributed by atoms with van der Waals surface area (Å²) in [5.74, 6) is 0. The van der Waals surface area contributed by atoms with Gasteiger partial charge in [0, 0.05) is 22.7 Å². The van der Waals surface area contributed by atoms with Crippen LogP contribution in [-0.2, 0) is 14.8 Å². The van der Waals surface area contributed by atoms with Crippen molar-refractivity contribution in [1.29, 1.82) is 0 Å². The molecule has 112 valence electrons. The van der Waals surface area contributed by atoms with E-state index in [4.69, 9.17) is 10.5 Å². The summed E-state index contributed by atoms with van der Waals surface area (Å²) in [6.45, 7) is 4.65. The molecule has 2 N–H and O–H groups in total. The van der Waals surface area contributed by atoms with E-state index in [-0.39, 0.29) is 17.0 Å². The highest BCUT2D eigenvalue weighted by Gasteiger charge is 2.36. The summed E-state index contributed by atoms with van der Waals surface area (Å²) in [5.41, 5.74) is 6.19. The molecule has 0 aromatic heterocycles. The maximum atomic E-state index is 12.8. The maximum absolute atomic E-state index is 12.8. The van der Waals surface area contributed by atoms with Gasteiger partial charge in [0.15, 0.2) is 0 Å². The molecule has 20 heavy (non-hydrogen) atoms.